The number of hydrogen-bond donors (Lipinski definition) is 0. The maximum Gasteiger partial charge on any atom is 0.387 e. The van der Waals surface area contributed by atoms with Crippen molar-refractivity contribution in [1.29, 1.82) is 0 Å². The summed E-state index contributed by atoms with van der Waals surface area (Å²) in [6.45, 7) is -1.49. The normalized spacial score (nSPS) is 29.4. The van der Waals surface area contributed by atoms with Crippen molar-refractivity contribution in [2.75, 3.05) is 0 Å². The smallest absolute Gasteiger partial charge is 0.387 e. The summed E-state index contributed by atoms with van der Waals surface area (Å²) in [5.74, 6) is 2.56. The molecule has 0 bridgehead atoms. The number of benzene rings is 2. The van der Waals surface area contributed by atoms with Crippen LogP contribution in [0.4, 0.5) is 30.7 Å². The molecule has 6 rings (SSSR count). The summed E-state index contributed by atoms with van der Waals surface area (Å²) < 4.78 is 98.3. The maximum atomic E-state index is 13.8. The van der Waals surface area contributed by atoms with Gasteiger partial charge in [0, 0.05) is 0 Å². The van der Waals surface area contributed by atoms with Crippen molar-refractivity contribution in [3.63, 3.8) is 0 Å². The summed E-state index contributed by atoms with van der Waals surface area (Å²) in [4.78, 5) is 0. The van der Waals surface area contributed by atoms with Crippen LogP contribution in [0.3, 0.4) is 0 Å². The first kappa shape index (κ1) is 41.7. The van der Waals surface area contributed by atoms with Gasteiger partial charge in [-0.2, -0.15) is 17.6 Å². The first-order valence-corrected chi connectivity index (χ1v) is 20.6. The number of hydrogen-bond acceptors (Lipinski definition) is 2. The van der Waals surface area contributed by atoms with Crippen molar-refractivity contribution in [3.8, 4) is 11.5 Å². The van der Waals surface area contributed by atoms with E-state index in [1.807, 2.05) is 0 Å². The molecule has 2 nitrogen and oxygen atoms in total. The molecule has 0 amide bonds. The van der Waals surface area contributed by atoms with Crippen LogP contribution in [0.1, 0.15) is 141 Å². The van der Waals surface area contributed by atoms with Crippen molar-refractivity contribution < 1.29 is 40.2 Å². The number of alkyl halides is 4. The first-order chi connectivity index (χ1) is 25.4. The molecule has 0 aromatic heterocycles. The molecule has 53 heavy (non-hydrogen) atoms. The summed E-state index contributed by atoms with van der Waals surface area (Å²) in [7, 11) is 0. The van der Waals surface area contributed by atoms with Gasteiger partial charge in [-0.1, -0.05) is 71.3 Å². The Labute approximate surface area is 313 Å². The van der Waals surface area contributed by atoms with Crippen molar-refractivity contribution in [2.24, 2.45) is 47.3 Å². The standard InChI is InChI=1S/C22H30F4O.C22H31F3O/c1-14-2-8-17(9-3-14)18-10-6-15(7-11-18)4-5-16-12-19(23)21(20(24)13-16)27-22(25)26;1-15-2-9-18(10-3-15)19-11-6-16(7-12-19)4-5-17-8-13-21(20(23)14-17)26-22(24)25/h12-15,17-18,22H,2-11H2,1H3;8,13-16,18-19,22H,2-7,9-12H2,1H3. The van der Waals surface area contributed by atoms with E-state index in [2.05, 4.69) is 23.3 Å². The zero-order valence-corrected chi connectivity index (χ0v) is 31.8. The molecule has 4 fully saturated rings. The van der Waals surface area contributed by atoms with E-state index in [4.69, 9.17) is 0 Å². The highest BCUT2D eigenvalue weighted by atomic mass is 19.3. The molecule has 0 atom stereocenters. The number of rotatable bonds is 12. The molecule has 4 aliphatic carbocycles. The van der Waals surface area contributed by atoms with E-state index in [9.17, 15) is 30.7 Å². The van der Waals surface area contributed by atoms with Gasteiger partial charge in [-0.15, -0.1) is 0 Å². The second kappa shape index (κ2) is 20.5. The van der Waals surface area contributed by atoms with E-state index in [1.165, 1.54) is 115 Å². The monoisotopic (exact) mass is 754 g/mol. The van der Waals surface area contributed by atoms with Crippen LogP contribution < -0.4 is 9.47 Å². The summed E-state index contributed by atoms with van der Waals surface area (Å²) in [5.41, 5.74) is 1.38. The first-order valence-electron chi connectivity index (χ1n) is 20.6. The molecule has 0 saturated heterocycles. The predicted octanol–water partition coefficient (Wildman–Crippen LogP) is 14.1. The predicted molar refractivity (Wildman–Crippen MR) is 196 cm³/mol. The van der Waals surface area contributed by atoms with E-state index in [0.717, 1.165) is 72.5 Å². The lowest BCUT2D eigenvalue weighted by molar-refractivity contribution is -0.0548. The third-order valence-corrected chi connectivity index (χ3v) is 13.4. The van der Waals surface area contributed by atoms with Gasteiger partial charge < -0.3 is 9.47 Å². The Balaban J connectivity index is 0.000000204. The fraction of sp³-hybridized carbons (Fsp3) is 0.727. The highest BCUT2D eigenvalue weighted by Crippen LogP contribution is 2.43. The maximum absolute atomic E-state index is 13.8. The molecule has 0 heterocycles. The Morgan fingerprint density at radius 2 is 0.868 bits per heavy atom. The van der Waals surface area contributed by atoms with E-state index >= 15 is 0 Å². The van der Waals surface area contributed by atoms with Crippen LogP contribution in [0.2, 0.25) is 0 Å². The van der Waals surface area contributed by atoms with Crippen LogP contribution >= 0.6 is 0 Å². The van der Waals surface area contributed by atoms with Crippen LogP contribution in [0.15, 0.2) is 30.3 Å². The van der Waals surface area contributed by atoms with Gasteiger partial charge in [-0.05, 0) is 160 Å². The average molecular weight is 755 g/mol. The number of aryl methyl sites for hydroxylation is 2. The molecule has 4 saturated carbocycles. The second-order valence-electron chi connectivity index (χ2n) is 17.1. The SMILES string of the molecule is CC1CCC(C2CCC(CCc3cc(F)c(OC(F)F)c(F)c3)CC2)CC1.CC1CCC(C2CCC(CCc3ccc(OC(F)F)c(F)c3)CC2)CC1. The Bertz CT molecular complexity index is 1350. The van der Waals surface area contributed by atoms with Crippen molar-refractivity contribution in [1.82, 2.24) is 0 Å². The lowest BCUT2D eigenvalue weighted by Crippen LogP contribution is -2.25. The number of halogens is 7. The van der Waals surface area contributed by atoms with Gasteiger partial charge in [0.2, 0.25) is 0 Å². The third kappa shape index (κ3) is 13.1. The Morgan fingerprint density at radius 3 is 1.26 bits per heavy atom. The largest absolute Gasteiger partial charge is 0.432 e. The van der Waals surface area contributed by atoms with Crippen molar-refractivity contribution in [2.45, 2.75) is 155 Å². The zero-order chi connectivity index (χ0) is 37.9. The van der Waals surface area contributed by atoms with Crippen LogP contribution in [0, 0.1) is 64.8 Å². The van der Waals surface area contributed by atoms with Crippen LogP contribution in [-0.4, -0.2) is 13.2 Å². The Hall–Kier alpha value is -2.45. The second-order valence-corrected chi connectivity index (χ2v) is 17.1. The van der Waals surface area contributed by atoms with Crippen LogP contribution in [0.25, 0.3) is 0 Å². The van der Waals surface area contributed by atoms with Crippen molar-refractivity contribution in [3.05, 3.63) is 58.9 Å². The lowest BCUT2D eigenvalue weighted by atomic mass is 9.69. The molecule has 2 aromatic rings. The molecular formula is C44H61F7O2. The van der Waals surface area contributed by atoms with Gasteiger partial charge in [-0.25, -0.2) is 13.2 Å². The van der Waals surface area contributed by atoms with E-state index < -0.39 is 36.4 Å². The minimum Gasteiger partial charge on any atom is -0.432 e. The van der Waals surface area contributed by atoms with Gasteiger partial charge >= 0.3 is 13.2 Å². The molecule has 0 spiro atoms. The van der Waals surface area contributed by atoms with Gasteiger partial charge in [-0.3, -0.25) is 0 Å². The minimum atomic E-state index is -3.23. The Morgan fingerprint density at radius 1 is 0.491 bits per heavy atom. The topological polar surface area (TPSA) is 18.5 Å². The molecule has 9 heteroatoms. The molecule has 0 aliphatic heterocycles. The summed E-state index contributed by atoms with van der Waals surface area (Å²) in [5, 5.41) is 0. The Kier molecular flexibility index (Phi) is 16.1. The van der Waals surface area contributed by atoms with Crippen molar-refractivity contribution >= 4 is 0 Å². The van der Waals surface area contributed by atoms with E-state index in [0.29, 0.717) is 23.8 Å². The molecule has 0 N–H and O–H groups in total. The highest BCUT2D eigenvalue weighted by molar-refractivity contribution is 5.32. The molecule has 0 radical (unpaired) electrons. The molecule has 298 valence electrons. The fourth-order valence-electron chi connectivity index (χ4n) is 10.0. The van der Waals surface area contributed by atoms with Gasteiger partial charge in [0.05, 0.1) is 0 Å². The fourth-order valence-corrected chi connectivity index (χ4v) is 10.0. The van der Waals surface area contributed by atoms with E-state index in [-0.39, 0.29) is 5.75 Å². The quantitative estimate of drug-likeness (QED) is 0.201. The van der Waals surface area contributed by atoms with Gasteiger partial charge in [0.1, 0.15) is 0 Å². The van der Waals surface area contributed by atoms with Crippen LogP contribution in [0.5, 0.6) is 11.5 Å². The lowest BCUT2D eigenvalue weighted by Gasteiger charge is -2.37. The molecular weight excluding hydrogens is 693 g/mol. The molecule has 4 aliphatic rings. The van der Waals surface area contributed by atoms with Gasteiger partial charge in [0.25, 0.3) is 0 Å². The minimum absolute atomic E-state index is 0.369. The molecule has 2 aromatic carbocycles. The molecule has 0 unspecified atom stereocenters. The van der Waals surface area contributed by atoms with Gasteiger partial charge in [0.15, 0.2) is 29.0 Å². The average Bonchev–Trinajstić information content (AvgIpc) is 3.14. The zero-order valence-electron chi connectivity index (χ0n) is 31.8. The highest BCUT2D eigenvalue weighted by Gasteiger charge is 2.31. The summed E-state index contributed by atoms with van der Waals surface area (Å²) in [6, 6.07) is 6.60. The van der Waals surface area contributed by atoms with Crippen LogP contribution in [-0.2, 0) is 12.8 Å². The van der Waals surface area contributed by atoms with E-state index in [1.54, 1.807) is 6.07 Å². The number of ether oxygens (including phenoxy) is 2. The summed E-state index contributed by atoms with van der Waals surface area (Å²) >= 11 is 0. The summed E-state index contributed by atoms with van der Waals surface area (Å²) in [6.07, 6.45) is 24.6. The third-order valence-electron chi connectivity index (χ3n) is 13.4.